The monoisotopic (exact) mass is 828 g/mol. The fourth-order valence-electron chi connectivity index (χ4n) is 10.1. The Morgan fingerprint density at radius 2 is 0.862 bits per heavy atom. The number of rotatable bonds is 7. The number of aromatic nitrogens is 1. The van der Waals surface area contributed by atoms with Gasteiger partial charge in [0.05, 0.1) is 16.7 Å². The lowest BCUT2D eigenvalue weighted by Gasteiger charge is -2.29. The van der Waals surface area contributed by atoms with Crippen LogP contribution in [-0.4, -0.2) is 4.57 Å². The zero-order valence-electron chi connectivity index (χ0n) is 35.4. The smallest absolute Gasteiger partial charge is 0.135 e. The zero-order chi connectivity index (χ0) is 42.8. The molecule has 0 unspecified atom stereocenters. The second-order valence-electron chi connectivity index (χ2n) is 16.9. The normalized spacial score (nSPS) is 11.7. The van der Waals surface area contributed by atoms with Crippen LogP contribution >= 0.6 is 0 Å². The zero-order valence-corrected chi connectivity index (χ0v) is 35.4. The highest BCUT2D eigenvalue weighted by Gasteiger charge is 2.21. The van der Waals surface area contributed by atoms with Gasteiger partial charge in [-0.05, 0) is 128 Å². The molecule has 0 fully saturated rings. The predicted octanol–water partition coefficient (Wildman–Crippen LogP) is 17.5. The van der Waals surface area contributed by atoms with Crippen molar-refractivity contribution in [2.45, 2.75) is 0 Å². The molecule has 0 aliphatic rings. The summed E-state index contributed by atoms with van der Waals surface area (Å²) in [7, 11) is 0. The largest absolute Gasteiger partial charge is 0.456 e. The summed E-state index contributed by atoms with van der Waals surface area (Å²) in [5.74, 6) is 0. The van der Waals surface area contributed by atoms with E-state index in [2.05, 4.69) is 240 Å². The Hall–Kier alpha value is -8.66. The average molecular weight is 829 g/mol. The highest BCUT2D eigenvalue weighted by molar-refractivity contribution is 6.14. The van der Waals surface area contributed by atoms with E-state index in [0.29, 0.717) is 0 Å². The van der Waals surface area contributed by atoms with E-state index in [-0.39, 0.29) is 0 Å². The van der Waals surface area contributed by atoms with Crippen LogP contribution in [0.25, 0.3) is 104 Å². The van der Waals surface area contributed by atoms with Gasteiger partial charge in [-0.3, -0.25) is 0 Å². The van der Waals surface area contributed by atoms with E-state index < -0.39 is 0 Å². The van der Waals surface area contributed by atoms with Crippen molar-refractivity contribution in [3.63, 3.8) is 0 Å². The summed E-state index contributed by atoms with van der Waals surface area (Å²) < 4.78 is 8.58. The van der Waals surface area contributed by atoms with Crippen LogP contribution in [0.4, 0.5) is 17.1 Å². The first-order chi connectivity index (χ1) is 32.2. The molecule has 304 valence electrons. The third-order valence-corrected chi connectivity index (χ3v) is 13.2. The lowest BCUT2D eigenvalue weighted by Crippen LogP contribution is -2.12. The minimum Gasteiger partial charge on any atom is -0.456 e. The van der Waals surface area contributed by atoms with Crippen LogP contribution in [0.5, 0.6) is 0 Å². The number of nitrogens with zero attached hydrogens (tertiary/aromatic N) is 2. The molecule has 0 saturated heterocycles. The molecule has 2 aromatic heterocycles. The maximum absolute atomic E-state index is 6.19. The lowest BCUT2D eigenvalue weighted by molar-refractivity contribution is 0.669. The molecule has 3 nitrogen and oxygen atoms in total. The van der Waals surface area contributed by atoms with Crippen molar-refractivity contribution in [1.29, 1.82) is 0 Å². The quantitative estimate of drug-likeness (QED) is 0.149. The van der Waals surface area contributed by atoms with Crippen molar-refractivity contribution in [3.8, 4) is 39.1 Å². The topological polar surface area (TPSA) is 21.3 Å². The summed E-state index contributed by atoms with van der Waals surface area (Å²) >= 11 is 0. The lowest BCUT2D eigenvalue weighted by atomic mass is 9.91. The maximum atomic E-state index is 6.19. The third kappa shape index (κ3) is 6.12. The van der Waals surface area contributed by atoms with Crippen LogP contribution in [0.15, 0.2) is 247 Å². The summed E-state index contributed by atoms with van der Waals surface area (Å²) in [6.07, 6.45) is 0. The van der Waals surface area contributed by atoms with Crippen molar-refractivity contribution in [2.75, 3.05) is 4.90 Å². The number of hydrogen-bond acceptors (Lipinski definition) is 2. The van der Waals surface area contributed by atoms with Crippen LogP contribution in [0.3, 0.4) is 0 Å². The standard InChI is InChI=1S/C62H40N2O/c1-2-14-42(15-3-1)50-36-28-45(56-39-44-16-4-5-17-49(44)51-18-6-7-19-52(51)56)40-60(50)63(46-30-26-41(27-31-46)43-29-37-62-57(38-43)55-22-10-13-25-61(55)65-62)47-32-34-48(35-33-47)64-58-23-11-8-20-53(58)54-21-9-12-24-59(54)64/h1-40H. The molecule has 0 atom stereocenters. The molecule has 0 N–H and O–H groups in total. The van der Waals surface area contributed by atoms with E-state index in [9.17, 15) is 0 Å². The molecule has 0 spiro atoms. The van der Waals surface area contributed by atoms with Gasteiger partial charge < -0.3 is 13.9 Å². The van der Waals surface area contributed by atoms with Gasteiger partial charge >= 0.3 is 0 Å². The second kappa shape index (κ2) is 15.0. The van der Waals surface area contributed by atoms with E-state index in [1.807, 2.05) is 12.1 Å². The van der Waals surface area contributed by atoms with Gasteiger partial charge in [-0.1, -0.05) is 164 Å². The van der Waals surface area contributed by atoms with Gasteiger partial charge in [0.1, 0.15) is 11.2 Å². The SMILES string of the molecule is c1ccc(-c2ccc(-c3cc4ccccc4c4ccccc34)cc2N(c2ccc(-c3ccc4oc5ccccc5c4c3)cc2)c2ccc(-n3c4ccccc4c4ccccc43)cc2)cc1. The molecular weight excluding hydrogens is 789 g/mol. The third-order valence-electron chi connectivity index (χ3n) is 13.2. The van der Waals surface area contributed by atoms with Crippen molar-refractivity contribution in [1.82, 2.24) is 4.57 Å². The molecule has 0 bridgehead atoms. The summed E-state index contributed by atoms with van der Waals surface area (Å²) in [4.78, 5) is 2.43. The van der Waals surface area contributed by atoms with Crippen LogP contribution in [0.1, 0.15) is 0 Å². The minimum absolute atomic E-state index is 0.898. The fraction of sp³-hybridized carbons (Fsp3) is 0. The van der Waals surface area contributed by atoms with Gasteiger partial charge in [-0.25, -0.2) is 0 Å². The molecule has 13 rings (SSSR count). The predicted molar refractivity (Wildman–Crippen MR) is 274 cm³/mol. The molecule has 13 aromatic rings. The molecular formula is C62H40N2O. The summed E-state index contributed by atoms with van der Waals surface area (Å²) in [5.41, 5.74) is 15.5. The van der Waals surface area contributed by atoms with Crippen LogP contribution < -0.4 is 4.90 Å². The van der Waals surface area contributed by atoms with Crippen LogP contribution in [-0.2, 0) is 0 Å². The summed E-state index contributed by atoms with van der Waals surface area (Å²) in [6.45, 7) is 0. The first-order valence-corrected chi connectivity index (χ1v) is 22.2. The van der Waals surface area contributed by atoms with Crippen LogP contribution in [0.2, 0.25) is 0 Å². The molecule has 3 heteroatoms. The Labute approximate surface area is 376 Å². The second-order valence-corrected chi connectivity index (χ2v) is 16.9. The van der Waals surface area contributed by atoms with E-state index >= 15 is 0 Å². The number of benzene rings is 11. The summed E-state index contributed by atoms with van der Waals surface area (Å²) in [5, 5.41) is 9.73. The van der Waals surface area contributed by atoms with Gasteiger partial charge in [0.25, 0.3) is 0 Å². The van der Waals surface area contributed by atoms with Gasteiger partial charge in [-0.2, -0.15) is 0 Å². The van der Waals surface area contributed by atoms with Gasteiger partial charge in [-0.15, -0.1) is 0 Å². The molecule has 2 heterocycles. The molecule has 11 aromatic carbocycles. The average Bonchev–Trinajstić information content (AvgIpc) is 3.92. The first-order valence-electron chi connectivity index (χ1n) is 22.2. The number of fused-ring (bicyclic) bond motifs is 9. The Morgan fingerprint density at radius 1 is 0.308 bits per heavy atom. The Morgan fingerprint density at radius 3 is 1.60 bits per heavy atom. The number of furan rings is 1. The molecule has 0 saturated carbocycles. The first kappa shape index (κ1) is 36.9. The van der Waals surface area contributed by atoms with Crippen molar-refractivity contribution < 1.29 is 4.42 Å². The van der Waals surface area contributed by atoms with E-state index in [1.165, 1.54) is 48.9 Å². The Bertz CT molecular complexity index is 3880. The summed E-state index contributed by atoms with van der Waals surface area (Å²) in [6, 6.07) is 88.0. The number of anilines is 3. The molecule has 0 amide bonds. The Balaban J connectivity index is 1.01. The van der Waals surface area contributed by atoms with Crippen LogP contribution in [0, 0.1) is 0 Å². The molecule has 65 heavy (non-hydrogen) atoms. The molecule has 0 aliphatic heterocycles. The minimum atomic E-state index is 0.898. The van der Waals surface area contributed by atoms with E-state index in [4.69, 9.17) is 4.42 Å². The van der Waals surface area contributed by atoms with Gasteiger partial charge in [0, 0.05) is 44.2 Å². The van der Waals surface area contributed by atoms with Crippen molar-refractivity contribution in [3.05, 3.63) is 243 Å². The van der Waals surface area contributed by atoms with E-state index in [1.54, 1.807) is 0 Å². The van der Waals surface area contributed by atoms with E-state index in [0.717, 1.165) is 72.5 Å². The Kier molecular flexibility index (Phi) is 8.53. The molecule has 0 radical (unpaired) electrons. The van der Waals surface area contributed by atoms with Gasteiger partial charge in [0.2, 0.25) is 0 Å². The van der Waals surface area contributed by atoms with Gasteiger partial charge in [0.15, 0.2) is 0 Å². The number of para-hydroxylation sites is 3. The fourth-order valence-corrected chi connectivity index (χ4v) is 10.1. The van der Waals surface area contributed by atoms with Crippen molar-refractivity contribution in [2.24, 2.45) is 0 Å². The van der Waals surface area contributed by atoms with Crippen molar-refractivity contribution >= 4 is 82.4 Å². The molecule has 0 aliphatic carbocycles. The maximum Gasteiger partial charge on any atom is 0.135 e. The highest BCUT2D eigenvalue weighted by Crippen LogP contribution is 2.46. The highest BCUT2D eigenvalue weighted by atomic mass is 16.3. The number of hydrogen-bond donors (Lipinski definition) is 0.